The molecule has 1 fully saturated rings. The van der Waals surface area contributed by atoms with Gasteiger partial charge in [0.2, 0.25) is 0 Å². The van der Waals surface area contributed by atoms with Crippen molar-refractivity contribution in [2.24, 2.45) is 0 Å². The zero-order valence-electron chi connectivity index (χ0n) is 10.7. The van der Waals surface area contributed by atoms with Crippen molar-refractivity contribution in [3.63, 3.8) is 0 Å². The summed E-state index contributed by atoms with van der Waals surface area (Å²) in [7, 11) is 1.72. The van der Waals surface area contributed by atoms with Crippen LogP contribution in [0.4, 0.5) is 5.82 Å². The van der Waals surface area contributed by atoms with Crippen LogP contribution in [0, 0.1) is 0 Å². The number of aliphatic hydroxyl groups is 3. The number of fused-ring (bicyclic) bond motifs is 1. The van der Waals surface area contributed by atoms with E-state index in [9.17, 15) is 10.2 Å². The number of aromatic nitrogens is 4. The van der Waals surface area contributed by atoms with Gasteiger partial charge in [-0.15, -0.1) is 0 Å². The molecule has 0 bridgehead atoms. The number of aliphatic hydroxyl groups excluding tert-OH is 3. The first kappa shape index (κ1) is 13.2. The van der Waals surface area contributed by atoms with Crippen molar-refractivity contribution in [3.8, 4) is 0 Å². The third kappa shape index (κ3) is 1.83. The summed E-state index contributed by atoms with van der Waals surface area (Å²) < 4.78 is 6.97. The molecule has 1 aliphatic rings. The van der Waals surface area contributed by atoms with Crippen LogP contribution in [0.2, 0.25) is 0 Å². The highest BCUT2D eigenvalue weighted by Gasteiger charge is 2.43. The number of anilines is 1. The Balaban J connectivity index is 2.03. The van der Waals surface area contributed by atoms with Gasteiger partial charge < -0.3 is 25.4 Å². The zero-order chi connectivity index (χ0) is 14.3. The fourth-order valence-electron chi connectivity index (χ4n) is 2.33. The first-order valence-corrected chi connectivity index (χ1v) is 6.15. The summed E-state index contributed by atoms with van der Waals surface area (Å²) in [6, 6.07) is 0. The topological polar surface area (TPSA) is 126 Å². The molecule has 4 atom stereocenters. The van der Waals surface area contributed by atoms with Crippen molar-refractivity contribution < 1.29 is 20.1 Å². The van der Waals surface area contributed by atoms with E-state index in [1.54, 1.807) is 7.05 Å². The normalized spacial score (nSPS) is 30.0. The Morgan fingerprint density at radius 1 is 1.30 bits per heavy atom. The van der Waals surface area contributed by atoms with Crippen LogP contribution >= 0.6 is 0 Å². The molecule has 3 heterocycles. The maximum Gasteiger partial charge on any atom is 0.167 e. The second-order valence-corrected chi connectivity index (χ2v) is 4.53. The first-order chi connectivity index (χ1) is 9.67. The summed E-state index contributed by atoms with van der Waals surface area (Å²) >= 11 is 0. The summed E-state index contributed by atoms with van der Waals surface area (Å²) in [6.07, 6.45) is -1.19. The second kappa shape index (κ2) is 4.94. The monoisotopic (exact) mass is 281 g/mol. The number of nitrogens with one attached hydrogen (secondary N) is 1. The minimum Gasteiger partial charge on any atom is -0.394 e. The standard InChI is InChI=1S/C11H15N5O4/c1-12-9-6-10(14-3-13-9)16(4-15-6)11-8(19)7(18)5(2-17)20-11/h3-5,7-8,11,17-19H,2H2,1H3,(H,12,13,14)/t5-,7+,8-,11+/m0/s1. The molecule has 4 N–H and O–H groups in total. The smallest absolute Gasteiger partial charge is 0.167 e. The average molecular weight is 281 g/mol. The van der Waals surface area contributed by atoms with Crippen molar-refractivity contribution >= 4 is 17.0 Å². The molecule has 108 valence electrons. The highest BCUT2D eigenvalue weighted by atomic mass is 16.6. The molecule has 0 aromatic carbocycles. The van der Waals surface area contributed by atoms with Gasteiger partial charge in [0.1, 0.15) is 30.2 Å². The van der Waals surface area contributed by atoms with Crippen LogP contribution in [0.25, 0.3) is 11.2 Å². The zero-order valence-corrected chi connectivity index (χ0v) is 10.7. The summed E-state index contributed by atoms with van der Waals surface area (Å²) in [5.74, 6) is 0.556. The molecule has 0 amide bonds. The lowest BCUT2D eigenvalue weighted by Gasteiger charge is -2.16. The van der Waals surface area contributed by atoms with Crippen molar-refractivity contribution in [1.29, 1.82) is 0 Å². The van der Waals surface area contributed by atoms with Crippen molar-refractivity contribution in [3.05, 3.63) is 12.7 Å². The Kier molecular flexibility index (Phi) is 3.26. The van der Waals surface area contributed by atoms with Crippen LogP contribution in [0.15, 0.2) is 12.7 Å². The Morgan fingerprint density at radius 2 is 2.10 bits per heavy atom. The molecule has 0 radical (unpaired) electrons. The number of ether oxygens (including phenoxy) is 1. The van der Waals surface area contributed by atoms with E-state index in [-0.39, 0.29) is 6.61 Å². The lowest BCUT2D eigenvalue weighted by atomic mass is 10.1. The Hall–Kier alpha value is -1.81. The van der Waals surface area contributed by atoms with Crippen LogP contribution in [0.5, 0.6) is 0 Å². The average Bonchev–Trinajstić information content (AvgIpc) is 3.01. The first-order valence-electron chi connectivity index (χ1n) is 6.15. The summed E-state index contributed by atoms with van der Waals surface area (Å²) in [5, 5.41) is 31.8. The molecule has 1 aliphatic heterocycles. The van der Waals surface area contributed by atoms with Gasteiger partial charge in [0.25, 0.3) is 0 Å². The molecule has 9 nitrogen and oxygen atoms in total. The molecule has 2 aromatic heterocycles. The fourth-order valence-corrected chi connectivity index (χ4v) is 2.33. The van der Waals surface area contributed by atoms with E-state index in [0.717, 1.165) is 0 Å². The number of nitrogens with zero attached hydrogens (tertiary/aromatic N) is 4. The predicted molar refractivity (Wildman–Crippen MR) is 67.9 cm³/mol. The number of hydrogen-bond donors (Lipinski definition) is 4. The van der Waals surface area contributed by atoms with Crippen LogP contribution in [-0.2, 0) is 4.74 Å². The molecule has 0 unspecified atom stereocenters. The van der Waals surface area contributed by atoms with Gasteiger partial charge in [-0.25, -0.2) is 15.0 Å². The Labute approximate surface area is 113 Å². The van der Waals surface area contributed by atoms with E-state index in [2.05, 4.69) is 20.3 Å². The molecular weight excluding hydrogens is 266 g/mol. The molecule has 0 saturated carbocycles. The van der Waals surface area contributed by atoms with Crippen LogP contribution in [0.3, 0.4) is 0 Å². The molecule has 0 spiro atoms. The molecule has 3 rings (SSSR count). The van der Waals surface area contributed by atoms with E-state index in [1.165, 1.54) is 17.2 Å². The predicted octanol–water partition coefficient (Wildman–Crippen LogP) is -1.52. The summed E-state index contributed by atoms with van der Waals surface area (Å²) in [4.78, 5) is 12.3. The van der Waals surface area contributed by atoms with Gasteiger partial charge in [0, 0.05) is 7.05 Å². The van der Waals surface area contributed by atoms with E-state index in [0.29, 0.717) is 17.0 Å². The van der Waals surface area contributed by atoms with E-state index in [1.807, 2.05) is 0 Å². The molecule has 2 aromatic rings. The van der Waals surface area contributed by atoms with E-state index in [4.69, 9.17) is 9.84 Å². The van der Waals surface area contributed by atoms with Crippen LogP contribution < -0.4 is 5.32 Å². The minimum absolute atomic E-state index is 0.377. The quantitative estimate of drug-likeness (QED) is 0.534. The maximum absolute atomic E-state index is 10.0. The van der Waals surface area contributed by atoms with E-state index >= 15 is 0 Å². The number of rotatable bonds is 3. The van der Waals surface area contributed by atoms with Gasteiger partial charge in [-0.05, 0) is 0 Å². The molecule has 1 saturated heterocycles. The van der Waals surface area contributed by atoms with Gasteiger partial charge in [-0.3, -0.25) is 4.57 Å². The summed E-state index contributed by atoms with van der Waals surface area (Å²) in [5.41, 5.74) is 1.01. The highest BCUT2D eigenvalue weighted by Crippen LogP contribution is 2.31. The fraction of sp³-hybridized carbons (Fsp3) is 0.545. The van der Waals surface area contributed by atoms with Gasteiger partial charge in [-0.1, -0.05) is 0 Å². The molecule has 20 heavy (non-hydrogen) atoms. The Bertz CT molecular complexity index is 618. The molecular formula is C11H15N5O4. The van der Waals surface area contributed by atoms with Gasteiger partial charge in [-0.2, -0.15) is 0 Å². The lowest BCUT2D eigenvalue weighted by Crippen LogP contribution is -2.33. The van der Waals surface area contributed by atoms with Crippen LogP contribution in [0.1, 0.15) is 6.23 Å². The highest BCUT2D eigenvalue weighted by molar-refractivity contribution is 5.82. The minimum atomic E-state index is -1.17. The maximum atomic E-state index is 10.0. The van der Waals surface area contributed by atoms with Gasteiger partial charge >= 0.3 is 0 Å². The third-order valence-corrected chi connectivity index (χ3v) is 3.39. The van der Waals surface area contributed by atoms with Crippen molar-refractivity contribution in [1.82, 2.24) is 19.5 Å². The summed E-state index contributed by atoms with van der Waals surface area (Å²) in [6.45, 7) is -0.377. The lowest BCUT2D eigenvalue weighted by molar-refractivity contribution is -0.0511. The largest absolute Gasteiger partial charge is 0.394 e. The van der Waals surface area contributed by atoms with Gasteiger partial charge in [0.15, 0.2) is 17.7 Å². The molecule has 9 heteroatoms. The third-order valence-electron chi connectivity index (χ3n) is 3.39. The number of imidazole rings is 1. The van der Waals surface area contributed by atoms with Crippen LogP contribution in [-0.4, -0.2) is 66.8 Å². The van der Waals surface area contributed by atoms with E-state index < -0.39 is 24.5 Å². The SMILES string of the molecule is CNc1ncnc2c1ncn2[C@@H]1O[C@@H](CO)[C@@H](O)[C@@H]1O. The molecule has 0 aliphatic carbocycles. The Morgan fingerprint density at radius 3 is 2.75 bits per heavy atom. The van der Waals surface area contributed by atoms with Crippen molar-refractivity contribution in [2.75, 3.05) is 19.0 Å². The second-order valence-electron chi connectivity index (χ2n) is 4.53. The van der Waals surface area contributed by atoms with Crippen molar-refractivity contribution in [2.45, 2.75) is 24.5 Å². The number of hydrogen-bond acceptors (Lipinski definition) is 8. The van der Waals surface area contributed by atoms with Gasteiger partial charge in [0.05, 0.1) is 12.9 Å².